The Bertz CT molecular complexity index is 923. The van der Waals surface area contributed by atoms with Crippen molar-refractivity contribution in [3.8, 4) is 0 Å². The highest BCUT2D eigenvalue weighted by Gasteiger charge is 2.15. The maximum atomic E-state index is 4.49. The summed E-state index contributed by atoms with van der Waals surface area (Å²) < 4.78 is 4.49. The molecule has 1 aromatic heterocycles. The van der Waals surface area contributed by atoms with Gasteiger partial charge in [-0.1, -0.05) is 41.5 Å². The van der Waals surface area contributed by atoms with Crippen LogP contribution in [0.15, 0.2) is 72.1 Å². The van der Waals surface area contributed by atoms with Crippen molar-refractivity contribution in [2.75, 3.05) is 4.90 Å². The van der Waals surface area contributed by atoms with Crippen LogP contribution in [0.2, 0.25) is 0 Å². The van der Waals surface area contributed by atoms with E-state index >= 15 is 0 Å². The molecule has 0 N–H and O–H groups in total. The molecule has 0 radical (unpaired) electrons. The largest absolute Gasteiger partial charge is 0.310 e. The average Bonchev–Trinajstić information content (AvgIpc) is 3.08. The second kappa shape index (κ2) is 6.10. The summed E-state index contributed by atoms with van der Waals surface area (Å²) in [5, 5.41) is 3.31. The van der Waals surface area contributed by atoms with E-state index in [0.29, 0.717) is 0 Å². The van der Waals surface area contributed by atoms with Crippen LogP contribution in [0.1, 0.15) is 11.1 Å². The van der Waals surface area contributed by atoms with Crippen molar-refractivity contribution in [2.24, 2.45) is 0 Å². The van der Waals surface area contributed by atoms with Crippen LogP contribution >= 0.6 is 11.5 Å². The normalized spacial score (nSPS) is 10.9. The van der Waals surface area contributed by atoms with Crippen molar-refractivity contribution in [1.29, 1.82) is 0 Å². The monoisotopic (exact) mass is 330 g/mol. The van der Waals surface area contributed by atoms with Crippen molar-refractivity contribution in [3.63, 3.8) is 0 Å². The number of fused-ring (bicyclic) bond motifs is 1. The second-order valence-electron chi connectivity index (χ2n) is 6.03. The van der Waals surface area contributed by atoms with Crippen molar-refractivity contribution in [3.05, 3.63) is 83.2 Å². The molecule has 0 bridgehead atoms. The van der Waals surface area contributed by atoms with Crippen molar-refractivity contribution in [2.45, 2.75) is 13.8 Å². The summed E-state index contributed by atoms with van der Waals surface area (Å²) in [6, 6.07) is 23.6. The minimum Gasteiger partial charge on any atom is -0.310 e. The summed E-state index contributed by atoms with van der Waals surface area (Å²) in [5.41, 5.74) is 7.04. The fraction of sp³-hybridized carbons (Fsp3) is 0.0952. The summed E-state index contributed by atoms with van der Waals surface area (Å²) in [4.78, 5) is 2.30. The van der Waals surface area contributed by atoms with Gasteiger partial charge in [-0.05, 0) is 61.8 Å². The molecule has 0 atom stereocenters. The smallest absolute Gasteiger partial charge is 0.0861 e. The molecule has 0 aliphatic rings. The predicted octanol–water partition coefficient (Wildman–Crippen LogP) is 6.38. The summed E-state index contributed by atoms with van der Waals surface area (Å²) in [5.74, 6) is 0. The molecule has 118 valence electrons. The Morgan fingerprint density at radius 2 is 1.33 bits per heavy atom. The second-order valence-corrected chi connectivity index (χ2v) is 6.66. The molecular weight excluding hydrogens is 312 g/mol. The molecule has 4 rings (SSSR count). The standard InChI is InChI=1S/C21H18N2S/c1-15-6-10-17(11-7-15)23(18-12-8-16(2)9-13-18)21-5-3-4-20-19(21)14-24-22-20/h3-14H,1-2H3. The third-order valence-electron chi connectivity index (χ3n) is 4.21. The molecule has 0 aliphatic carbocycles. The summed E-state index contributed by atoms with van der Waals surface area (Å²) in [7, 11) is 0. The van der Waals surface area contributed by atoms with Gasteiger partial charge in [-0.2, -0.15) is 4.37 Å². The van der Waals surface area contributed by atoms with Crippen LogP contribution in [0.5, 0.6) is 0 Å². The van der Waals surface area contributed by atoms with Gasteiger partial charge in [0.2, 0.25) is 0 Å². The van der Waals surface area contributed by atoms with E-state index in [1.165, 1.54) is 28.0 Å². The van der Waals surface area contributed by atoms with Gasteiger partial charge in [-0.25, -0.2) is 0 Å². The quantitative estimate of drug-likeness (QED) is 0.433. The zero-order valence-electron chi connectivity index (χ0n) is 13.7. The average molecular weight is 330 g/mol. The maximum absolute atomic E-state index is 4.49. The first-order chi connectivity index (χ1) is 11.7. The van der Waals surface area contributed by atoms with Crippen LogP contribution in [0, 0.1) is 13.8 Å². The van der Waals surface area contributed by atoms with Gasteiger partial charge >= 0.3 is 0 Å². The SMILES string of the molecule is Cc1ccc(N(c2ccc(C)cc2)c2cccc3nscc23)cc1. The first-order valence-corrected chi connectivity index (χ1v) is 8.82. The zero-order valence-corrected chi connectivity index (χ0v) is 14.5. The lowest BCUT2D eigenvalue weighted by Crippen LogP contribution is -2.10. The van der Waals surface area contributed by atoms with E-state index in [9.17, 15) is 0 Å². The van der Waals surface area contributed by atoms with Gasteiger partial charge in [0.1, 0.15) is 0 Å². The molecule has 0 spiro atoms. The van der Waals surface area contributed by atoms with E-state index in [1.54, 1.807) is 0 Å². The molecule has 0 saturated heterocycles. The van der Waals surface area contributed by atoms with Gasteiger partial charge in [-0.15, -0.1) is 0 Å². The Kier molecular flexibility index (Phi) is 3.79. The molecule has 3 aromatic carbocycles. The van der Waals surface area contributed by atoms with Crippen LogP contribution in [0.25, 0.3) is 10.9 Å². The van der Waals surface area contributed by atoms with Crippen molar-refractivity contribution < 1.29 is 0 Å². The van der Waals surface area contributed by atoms with Crippen LogP contribution in [0.3, 0.4) is 0 Å². The Labute approximate surface area is 146 Å². The van der Waals surface area contributed by atoms with Gasteiger partial charge in [0, 0.05) is 22.1 Å². The molecule has 0 amide bonds. The fourth-order valence-electron chi connectivity index (χ4n) is 2.89. The number of aryl methyl sites for hydroxylation is 2. The number of hydrogen-bond acceptors (Lipinski definition) is 3. The lowest BCUT2D eigenvalue weighted by Gasteiger charge is -2.26. The molecule has 0 aliphatic heterocycles. The number of benzene rings is 3. The maximum Gasteiger partial charge on any atom is 0.0861 e. The predicted molar refractivity (Wildman–Crippen MR) is 104 cm³/mol. The number of rotatable bonds is 3. The Balaban J connectivity index is 1.94. The van der Waals surface area contributed by atoms with E-state index in [2.05, 4.69) is 95.2 Å². The fourth-order valence-corrected chi connectivity index (χ4v) is 3.56. The van der Waals surface area contributed by atoms with E-state index in [4.69, 9.17) is 0 Å². The zero-order chi connectivity index (χ0) is 16.5. The van der Waals surface area contributed by atoms with Crippen LogP contribution in [-0.2, 0) is 0 Å². The lowest BCUT2D eigenvalue weighted by molar-refractivity contribution is 1.28. The first kappa shape index (κ1) is 14.9. The minimum absolute atomic E-state index is 1.04. The molecular formula is C21H18N2S. The third-order valence-corrected chi connectivity index (χ3v) is 4.85. The van der Waals surface area contributed by atoms with Crippen LogP contribution in [-0.4, -0.2) is 4.37 Å². The number of hydrogen-bond donors (Lipinski definition) is 0. The van der Waals surface area contributed by atoms with Crippen LogP contribution < -0.4 is 4.90 Å². The van der Waals surface area contributed by atoms with Gasteiger partial charge in [0.15, 0.2) is 0 Å². The van der Waals surface area contributed by atoms with Gasteiger partial charge in [0.25, 0.3) is 0 Å². The van der Waals surface area contributed by atoms with E-state index in [1.807, 2.05) is 0 Å². The van der Waals surface area contributed by atoms with Gasteiger partial charge < -0.3 is 4.90 Å². The minimum atomic E-state index is 1.04. The first-order valence-electron chi connectivity index (χ1n) is 7.99. The Morgan fingerprint density at radius 1 is 0.750 bits per heavy atom. The molecule has 2 nitrogen and oxygen atoms in total. The Morgan fingerprint density at radius 3 is 1.92 bits per heavy atom. The van der Waals surface area contributed by atoms with Crippen molar-refractivity contribution >= 4 is 39.5 Å². The molecule has 24 heavy (non-hydrogen) atoms. The molecule has 3 heteroatoms. The number of anilines is 3. The summed E-state index contributed by atoms with van der Waals surface area (Å²) in [6.45, 7) is 4.23. The van der Waals surface area contributed by atoms with Crippen molar-refractivity contribution in [1.82, 2.24) is 4.37 Å². The number of nitrogens with zero attached hydrogens (tertiary/aromatic N) is 2. The molecule has 4 aromatic rings. The van der Waals surface area contributed by atoms with Crippen LogP contribution in [0.4, 0.5) is 17.1 Å². The van der Waals surface area contributed by atoms with E-state index in [0.717, 1.165) is 22.6 Å². The number of aromatic nitrogens is 1. The Hall–Kier alpha value is -2.65. The molecule has 0 fully saturated rings. The highest BCUT2D eigenvalue weighted by Crippen LogP contribution is 2.39. The third kappa shape index (κ3) is 2.68. The van der Waals surface area contributed by atoms with E-state index in [-0.39, 0.29) is 0 Å². The van der Waals surface area contributed by atoms with Gasteiger partial charge in [0.05, 0.1) is 11.2 Å². The topological polar surface area (TPSA) is 16.1 Å². The van der Waals surface area contributed by atoms with Gasteiger partial charge in [-0.3, -0.25) is 0 Å². The molecule has 1 heterocycles. The molecule has 0 unspecified atom stereocenters. The van der Waals surface area contributed by atoms with E-state index < -0.39 is 0 Å². The summed E-state index contributed by atoms with van der Waals surface area (Å²) in [6.07, 6.45) is 0. The lowest BCUT2D eigenvalue weighted by atomic mass is 10.1. The summed E-state index contributed by atoms with van der Waals surface area (Å²) >= 11 is 1.50. The highest BCUT2D eigenvalue weighted by atomic mass is 32.1. The highest BCUT2D eigenvalue weighted by molar-refractivity contribution is 7.04. The molecule has 0 saturated carbocycles.